The van der Waals surface area contributed by atoms with Gasteiger partial charge in [0.2, 0.25) is 17.6 Å². The summed E-state index contributed by atoms with van der Waals surface area (Å²) in [7, 11) is 0. The van der Waals surface area contributed by atoms with Gasteiger partial charge < -0.3 is 9.84 Å². The molecule has 0 saturated carbocycles. The Kier molecular flexibility index (Phi) is 7.53. The van der Waals surface area contributed by atoms with Gasteiger partial charge in [-0.1, -0.05) is 79.7 Å². The fourth-order valence-corrected chi connectivity index (χ4v) is 3.38. The van der Waals surface area contributed by atoms with Crippen molar-refractivity contribution >= 4 is 5.91 Å². The zero-order valence-electron chi connectivity index (χ0n) is 17.0. The van der Waals surface area contributed by atoms with Gasteiger partial charge in [-0.25, -0.2) is 0 Å². The van der Waals surface area contributed by atoms with Crippen LogP contribution in [0.4, 0.5) is 0 Å². The number of benzene rings is 2. The van der Waals surface area contributed by atoms with E-state index in [4.69, 9.17) is 4.52 Å². The second-order valence-electron chi connectivity index (χ2n) is 6.83. The Morgan fingerprint density at radius 1 is 1.03 bits per heavy atom. The van der Waals surface area contributed by atoms with Gasteiger partial charge in [-0.15, -0.1) is 0 Å². The first-order valence-electron chi connectivity index (χ1n) is 10.1. The Morgan fingerprint density at radius 3 is 2.34 bits per heavy atom. The van der Waals surface area contributed by atoms with Gasteiger partial charge in [0.1, 0.15) is 0 Å². The molecule has 0 bridgehead atoms. The first-order chi connectivity index (χ1) is 14.2. The molecule has 0 aliphatic rings. The number of hydrogen-bond acceptors (Lipinski definition) is 5. The van der Waals surface area contributed by atoms with Crippen molar-refractivity contribution in [1.82, 2.24) is 20.4 Å². The zero-order valence-corrected chi connectivity index (χ0v) is 17.0. The maximum atomic E-state index is 12.4. The lowest BCUT2D eigenvalue weighted by molar-refractivity contribution is -0.121. The van der Waals surface area contributed by atoms with Gasteiger partial charge >= 0.3 is 0 Å². The smallest absolute Gasteiger partial charge is 0.227 e. The van der Waals surface area contributed by atoms with Crippen molar-refractivity contribution < 1.29 is 9.32 Å². The minimum absolute atomic E-state index is 0.0162. The minimum Gasteiger partial charge on any atom is -0.354 e. The molecule has 0 saturated heterocycles. The largest absolute Gasteiger partial charge is 0.354 e. The summed E-state index contributed by atoms with van der Waals surface area (Å²) in [5.41, 5.74) is 2.11. The molecule has 0 unspecified atom stereocenters. The number of aromatic nitrogens is 2. The number of aryl methyl sites for hydroxylation is 1. The van der Waals surface area contributed by atoms with E-state index in [1.807, 2.05) is 48.5 Å². The number of carbonyl (C=O) groups excluding carboxylic acids is 1. The second kappa shape index (κ2) is 10.5. The fourth-order valence-electron chi connectivity index (χ4n) is 3.38. The van der Waals surface area contributed by atoms with E-state index in [1.54, 1.807) is 0 Å². The van der Waals surface area contributed by atoms with Gasteiger partial charge in [-0.2, -0.15) is 4.98 Å². The van der Waals surface area contributed by atoms with Crippen LogP contribution in [0, 0.1) is 0 Å². The van der Waals surface area contributed by atoms with E-state index in [2.05, 4.69) is 46.3 Å². The molecule has 6 nitrogen and oxygen atoms in total. The summed E-state index contributed by atoms with van der Waals surface area (Å²) in [5, 5.41) is 7.07. The van der Waals surface area contributed by atoms with Crippen LogP contribution < -0.4 is 5.32 Å². The van der Waals surface area contributed by atoms with E-state index in [0.717, 1.165) is 18.7 Å². The normalized spacial score (nSPS) is 12.1. The summed E-state index contributed by atoms with van der Waals surface area (Å²) in [4.78, 5) is 19.1. The summed E-state index contributed by atoms with van der Waals surface area (Å²) in [6.07, 6.45) is 0.739. The number of nitrogens with one attached hydrogen (secondary N) is 1. The van der Waals surface area contributed by atoms with E-state index in [9.17, 15) is 4.79 Å². The van der Waals surface area contributed by atoms with Crippen molar-refractivity contribution in [2.75, 3.05) is 19.6 Å². The van der Waals surface area contributed by atoms with E-state index in [0.29, 0.717) is 31.1 Å². The summed E-state index contributed by atoms with van der Waals surface area (Å²) >= 11 is 0. The Balaban J connectivity index is 1.54. The summed E-state index contributed by atoms with van der Waals surface area (Å²) in [5.74, 6) is 1.01. The fraction of sp³-hybridized carbons (Fsp3) is 0.348. The molecule has 1 atom stereocenters. The first kappa shape index (κ1) is 20.7. The van der Waals surface area contributed by atoms with Crippen LogP contribution in [0.3, 0.4) is 0 Å². The van der Waals surface area contributed by atoms with E-state index >= 15 is 0 Å². The lowest BCUT2D eigenvalue weighted by Crippen LogP contribution is -2.38. The number of likely N-dealkylation sites (N-methyl/N-ethyl adjacent to an activating group) is 1. The van der Waals surface area contributed by atoms with Crippen molar-refractivity contribution in [2.45, 2.75) is 32.7 Å². The predicted molar refractivity (Wildman–Crippen MR) is 113 cm³/mol. The van der Waals surface area contributed by atoms with Gasteiger partial charge in [0.05, 0.1) is 6.04 Å². The van der Waals surface area contributed by atoms with Crippen molar-refractivity contribution in [3.63, 3.8) is 0 Å². The quantitative estimate of drug-likeness (QED) is 0.567. The molecular formula is C23H28N4O2. The molecule has 2 aromatic carbocycles. The first-order valence-corrected chi connectivity index (χ1v) is 10.1. The highest BCUT2D eigenvalue weighted by Crippen LogP contribution is 2.19. The lowest BCUT2D eigenvalue weighted by Gasteiger charge is -2.30. The van der Waals surface area contributed by atoms with E-state index < -0.39 is 0 Å². The molecule has 0 aliphatic heterocycles. The van der Waals surface area contributed by atoms with Crippen molar-refractivity contribution in [2.24, 2.45) is 0 Å². The van der Waals surface area contributed by atoms with Crippen LogP contribution in [-0.2, 0) is 11.2 Å². The number of amides is 1. The maximum absolute atomic E-state index is 12.4. The Bertz CT molecular complexity index is 876. The van der Waals surface area contributed by atoms with E-state index in [-0.39, 0.29) is 11.9 Å². The molecule has 0 spiro atoms. The van der Waals surface area contributed by atoms with Crippen LogP contribution in [0.25, 0.3) is 11.4 Å². The molecule has 1 aromatic heterocycles. The highest BCUT2D eigenvalue weighted by molar-refractivity contribution is 5.76. The molecule has 1 amide bonds. The van der Waals surface area contributed by atoms with Gasteiger partial charge in [-0.3, -0.25) is 9.69 Å². The van der Waals surface area contributed by atoms with Crippen LogP contribution in [-0.4, -0.2) is 40.6 Å². The summed E-state index contributed by atoms with van der Waals surface area (Å²) < 4.78 is 5.29. The maximum Gasteiger partial charge on any atom is 0.227 e. The molecule has 3 aromatic rings. The molecule has 1 N–H and O–H groups in total. The Hall–Kier alpha value is -2.99. The predicted octanol–water partition coefficient (Wildman–Crippen LogP) is 3.87. The molecular weight excluding hydrogens is 364 g/mol. The molecule has 152 valence electrons. The molecule has 29 heavy (non-hydrogen) atoms. The van der Waals surface area contributed by atoms with Gasteiger partial charge in [-0.05, 0) is 18.7 Å². The molecule has 1 heterocycles. The lowest BCUT2D eigenvalue weighted by atomic mass is 10.0. The third kappa shape index (κ3) is 5.74. The summed E-state index contributed by atoms with van der Waals surface area (Å²) in [6.45, 7) is 6.71. The van der Waals surface area contributed by atoms with E-state index in [1.165, 1.54) is 5.56 Å². The van der Waals surface area contributed by atoms with Gasteiger partial charge in [0.25, 0.3) is 0 Å². The molecule has 0 aliphatic carbocycles. The number of hydrogen-bond donors (Lipinski definition) is 1. The zero-order chi connectivity index (χ0) is 20.5. The summed E-state index contributed by atoms with van der Waals surface area (Å²) in [6, 6.07) is 20.1. The molecule has 0 radical (unpaired) electrons. The third-order valence-electron chi connectivity index (χ3n) is 5.00. The number of carbonyl (C=O) groups is 1. The molecule has 3 rings (SSSR count). The average molecular weight is 393 g/mol. The van der Waals surface area contributed by atoms with Crippen molar-refractivity contribution in [3.8, 4) is 11.4 Å². The highest BCUT2D eigenvalue weighted by atomic mass is 16.5. The average Bonchev–Trinajstić information content (AvgIpc) is 3.25. The standard InChI is InChI=1S/C23H28N4O2/c1-3-27(4-2)20(18-11-7-5-8-12-18)17-24-21(28)15-16-22-25-23(26-29-22)19-13-9-6-10-14-19/h5-14,20H,3-4,15-17H2,1-2H3,(H,24,28)/t20-/m0/s1. The van der Waals surface area contributed by atoms with Crippen molar-refractivity contribution in [3.05, 3.63) is 72.1 Å². The Labute approximate surface area is 171 Å². The Morgan fingerprint density at radius 2 is 1.69 bits per heavy atom. The molecule has 6 heteroatoms. The molecule has 0 fully saturated rings. The topological polar surface area (TPSA) is 71.3 Å². The minimum atomic E-state index is -0.0162. The monoisotopic (exact) mass is 392 g/mol. The van der Waals surface area contributed by atoms with Gasteiger partial charge in [0, 0.05) is 24.9 Å². The van der Waals surface area contributed by atoms with Crippen LogP contribution >= 0.6 is 0 Å². The van der Waals surface area contributed by atoms with Crippen LogP contribution in [0.15, 0.2) is 65.2 Å². The van der Waals surface area contributed by atoms with Crippen LogP contribution in [0.5, 0.6) is 0 Å². The SMILES string of the molecule is CCN(CC)[C@@H](CNC(=O)CCc1nc(-c2ccccc2)no1)c1ccccc1. The van der Waals surface area contributed by atoms with Crippen molar-refractivity contribution in [1.29, 1.82) is 0 Å². The van der Waals surface area contributed by atoms with Crippen LogP contribution in [0.1, 0.15) is 37.8 Å². The third-order valence-corrected chi connectivity index (χ3v) is 5.00. The highest BCUT2D eigenvalue weighted by Gasteiger charge is 2.19. The van der Waals surface area contributed by atoms with Gasteiger partial charge in [0.15, 0.2) is 0 Å². The number of rotatable bonds is 10. The number of nitrogens with zero attached hydrogens (tertiary/aromatic N) is 3. The second-order valence-corrected chi connectivity index (χ2v) is 6.83. The van der Waals surface area contributed by atoms with Crippen LogP contribution in [0.2, 0.25) is 0 Å².